The molecular formula is C14H15BrN2O2. The maximum Gasteiger partial charge on any atom is 0.308 e. The Morgan fingerprint density at radius 3 is 2.89 bits per heavy atom. The molecule has 2 rings (SSSR count). The van der Waals surface area contributed by atoms with Gasteiger partial charge in [0.2, 0.25) is 0 Å². The van der Waals surface area contributed by atoms with Crippen molar-refractivity contribution < 1.29 is 9.90 Å². The number of pyridine rings is 1. The molecule has 0 saturated heterocycles. The third kappa shape index (κ3) is 3.04. The summed E-state index contributed by atoms with van der Waals surface area (Å²) in [5, 5.41) is 14.2. The summed E-state index contributed by atoms with van der Waals surface area (Å²) in [6.45, 7) is 2.25. The lowest BCUT2D eigenvalue weighted by Gasteiger charge is -2.13. The highest BCUT2D eigenvalue weighted by Gasteiger charge is 2.15. The highest BCUT2D eigenvalue weighted by molar-refractivity contribution is 9.10. The number of rotatable bonds is 5. The Labute approximate surface area is 120 Å². The molecule has 1 atom stereocenters. The van der Waals surface area contributed by atoms with Crippen LogP contribution in [0.25, 0.3) is 10.8 Å². The number of benzene rings is 1. The molecule has 1 aromatic heterocycles. The zero-order chi connectivity index (χ0) is 13.8. The fourth-order valence-corrected chi connectivity index (χ4v) is 2.43. The van der Waals surface area contributed by atoms with Crippen LogP contribution in [0, 0.1) is 5.92 Å². The van der Waals surface area contributed by atoms with Gasteiger partial charge >= 0.3 is 5.97 Å². The molecule has 0 fully saturated rings. The van der Waals surface area contributed by atoms with Crippen LogP contribution in [0.4, 0.5) is 5.82 Å². The Bertz CT molecular complexity index is 601. The molecule has 5 heteroatoms. The monoisotopic (exact) mass is 322 g/mol. The van der Waals surface area contributed by atoms with Crippen LogP contribution >= 0.6 is 15.9 Å². The molecule has 19 heavy (non-hydrogen) atoms. The van der Waals surface area contributed by atoms with E-state index < -0.39 is 11.9 Å². The normalized spacial score (nSPS) is 12.3. The van der Waals surface area contributed by atoms with Crippen molar-refractivity contribution >= 4 is 38.5 Å². The highest BCUT2D eigenvalue weighted by atomic mass is 79.9. The highest BCUT2D eigenvalue weighted by Crippen LogP contribution is 2.27. The first kappa shape index (κ1) is 13.8. The number of hydrogen-bond donors (Lipinski definition) is 2. The second-order valence-electron chi connectivity index (χ2n) is 4.32. The van der Waals surface area contributed by atoms with Crippen LogP contribution in [0.15, 0.2) is 34.9 Å². The molecule has 0 saturated carbocycles. The van der Waals surface area contributed by atoms with Crippen LogP contribution in [0.1, 0.15) is 13.3 Å². The van der Waals surface area contributed by atoms with Crippen LogP contribution < -0.4 is 5.32 Å². The number of fused-ring (bicyclic) bond motifs is 1. The van der Waals surface area contributed by atoms with Crippen molar-refractivity contribution in [1.29, 1.82) is 0 Å². The first-order valence-corrected chi connectivity index (χ1v) is 6.92. The fourth-order valence-electron chi connectivity index (χ4n) is 1.94. The second kappa shape index (κ2) is 6.02. The zero-order valence-corrected chi connectivity index (χ0v) is 12.1. The molecule has 1 unspecified atom stereocenters. The first-order valence-electron chi connectivity index (χ1n) is 6.13. The lowest BCUT2D eigenvalue weighted by molar-refractivity contribution is -0.141. The molecule has 0 bridgehead atoms. The number of halogens is 1. The SMILES string of the molecule is CCC(CNc1nccc2c(Br)cccc12)C(=O)O. The summed E-state index contributed by atoms with van der Waals surface area (Å²) >= 11 is 3.50. The van der Waals surface area contributed by atoms with Gasteiger partial charge in [0.15, 0.2) is 0 Å². The van der Waals surface area contributed by atoms with E-state index in [0.717, 1.165) is 21.1 Å². The maximum atomic E-state index is 11.0. The quantitative estimate of drug-likeness (QED) is 0.884. The smallest absolute Gasteiger partial charge is 0.308 e. The Balaban J connectivity index is 2.26. The summed E-state index contributed by atoms with van der Waals surface area (Å²) < 4.78 is 1.00. The number of carboxylic acid groups (broad SMARTS) is 1. The van der Waals surface area contributed by atoms with Crippen LogP contribution in [-0.2, 0) is 4.79 Å². The van der Waals surface area contributed by atoms with Gasteiger partial charge < -0.3 is 10.4 Å². The van der Waals surface area contributed by atoms with Gasteiger partial charge in [-0.05, 0) is 18.6 Å². The first-order chi connectivity index (χ1) is 9.13. The largest absolute Gasteiger partial charge is 0.481 e. The molecule has 4 nitrogen and oxygen atoms in total. The van der Waals surface area contributed by atoms with Gasteiger partial charge in [0.05, 0.1) is 5.92 Å². The van der Waals surface area contributed by atoms with Crippen LogP contribution in [0.2, 0.25) is 0 Å². The zero-order valence-electron chi connectivity index (χ0n) is 10.6. The van der Waals surface area contributed by atoms with Gasteiger partial charge in [-0.3, -0.25) is 4.79 Å². The number of carbonyl (C=O) groups is 1. The predicted octanol–water partition coefficient (Wildman–Crippen LogP) is 3.52. The molecule has 0 aliphatic heterocycles. The Morgan fingerprint density at radius 2 is 2.21 bits per heavy atom. The van der Waals surface area contributed by atoms with Crippen molar-refractivity contribution in [3.63, 3.8) is 0 Å². The third-order valence-electron chi connectivity index (χ3n) is 3.11. The topological polar surface area (TPSA) is 62.2 Å². The van der Waals surface area contributed by atoms with Crippen molar-refractivity contribution in [3.05, 3.63) is 34.9 Å². The number of carboxylic acids is 1. The average molecular weight is 323 g/mol. The van der Waals surface area contributed by atoms with Crippen molar-refractivity contribution in [2.45, 2.75) is 13.3 Å². The number of anilines is 1. The second-order valence-corrected chi connectivity index (χ2v) is 5.17. The van der Waals surface area contributed by atoms with Gasteiger partial charge in [0.25, 0.3) is 0 Å². The Kier molecular flexibility index (Phi) is 4.37. The number of nitrogens with one attached hydrogen (secondary N) is 1. The van der Waals surface area contributed by atoms with Crippen molar-refractivity contribution in [1.82, 2.24) is 4.98 Å². The molecule has 1 heterocycles. The minimum absolute atomic E-state index is 0.379. The van der Waals surface area contributed by atoms with E-state index >= 15 is 0 Å². The summed E-state index contributed by atoms with van der Waals surface area (Å²) in [6, 6.07) is 7.81. The Morgan fingerprint density at radius 1 is 1.42 bits per heavy atom. The summed E-state index contributed by atoms with van der Waals surface area (Å²) in [4.78, 5) is 15.3. The van der Waals surface area contributed by atoms with Gasteiger partial charge in [0, 0.05) is 28.0 Å². The van der Waals surface area contributed by atoms with Gasteiger partial charge in [0.1, 0.15) is 5.82 Å². The minimum Gasteiger partial charge on any atom is -0.481 e. The van der Waals surface area contributed by atoms with E-state index in [-0.39, 0.29) is 0 Å². The maximum absolute atomic E-state index is 11.0. The molecular weight excluding hydrogens is 308 g/mol. The average Bonchev–Trinajstić information content (AvgIpc) is 2.40. The van der Waals surface area contributed by atoms with E-state index in [1.807, 2.05) is 31.2 Å². The van der Waals surface area contributed by atoms with Crippen LogP contribution in [0.5, 0.6) is 0 Å². The van der Waals surface area contributed by atoms with E-state index in [4.69, 9.17) is 5.11 Å². The predicted molar refractivity (Wildman–Crippen MR) is 79.3 cm³/mol. The summed E-state index contributed by atoms with van der Waals surface area (Å²) in [7, 11) is 0. The van der Waals surface area contributed by atoms with E-state index in [1.54, 1.807) is 6.20 Å². The summed E-state index contributed by atoms with van der Waals surface area (Å²) in [6.07, 6.45) is 2.31. The molecule has 2 aromatic rings. The van der Waals surface area contributed by atoms with Gasteiger partial charge in [-0.15, -0.1) is 0 Å². The number of hydrogen-bond acceptors (Lipinski definition) is 3. The van der Waals surface area contributed by atoms with Gasteiger partial charge in [-0.1, -0.05) is 35.0 Å². The fraction of sp³-hybridized carbons (Fsp3) is 0.286. The Hall–Kier alpha value is -1.62. The van der Waals surface area contributed by atoms with Crippen molar-refractivity contribution in [2.24, 2.45) is 5.92 Å². The molecule has 0 aliphatic rings. The number of nitrogens with zero attached hydrogens (tertiary/aromatic N) is 1. The number of aromatic nitrogens is 1. The molecule has 1 aromatic carbocycles. The molecule has 0 amide bonds. The van der Waals surface area contributed by atoms with Gasteiger partial charge in [-0.25, -0.2) is 4.98 Å². The van der Waals surface area contributed by atoms with E-state index in [9.17, 15) is 4.79 Å². The lowest BCUT2D eigenvalue weighted by Crippen LogP contribution is -2.22. The van der Waals surface area contributed by atoms with E-state index in [1.165, 1.54) is 0 Å². The van der Waals surface area contributed by atoms with Gasteiger partial charge in [-0.2, -0.15) is 0 Å². The molecule has 0 spiro atoms. The van der Waals surface area contributed by atoms with Crippen molar-refractivity contribution in [2.75, 3.05) is 11.9 Å². The number of aliphatic carboxylic acids is 1. The summed E-state index contributed by atoms with van der Waals surface area (Å²) in [5.41, 5.74) is 0. The standard InChI is InChI=1S/C14H15BrN2O2/c1-2-9(14(18)19)8-17-13-11-4-3-5-12(15)10(11)6-7-16-13/h3-7,9H,2,8H2,1H3,(H,16,17)(H,18,19). The van der Waals surface area contributed by atoms with E-state index in [0.29, 0.717) is 13.0 Å². The van der Waals surface area contributed by atoms with Crippen LogP contribution in [0.3, 0.4) is 0 Å². The van der Waals surface area contributed by atoms with Crippen molar-refractivity contribution in [3.8, 4) is 0 Å². The van der Waals surface area contributed by atoms with Crippen LogP contribution in [-0.4, -0.2) is 22.6 Å². The minimum atomic E-state index is -0.781. The molecule has 0 aliphatic carbocycles. The molecule has 100 valence electrons. The molecule has 2 N–H and O–H groups in total. The lowest BCUT2D eigenvalue weighted by atomic mass is 10.1. The third-order valence-corrected chi connectivity index (χ3v) is 3.80. The van der Waals surface area contributed by atoms with E-state index in [2.05, 4.69) is 26.2 Å². The molecule has 0 radical (unpaired) electrons. The summed E-state index contributed by atoms with van der Waals surface area (Å²) in [5.74, 6) is -0.459.